The maximum absolute atomic E-state index is 3.34. The third-order valence-corrected chi connectivity index (χ3v) is 2.86. The van der Waals surface area contributed by atoms with Crippen LogP contribution in [0.15, 0.2) is 30.3 Å². The molecule has 0 bridgehead atoms. The summed E-state index contributed by atoms with van der Waals surface area (Å²) in [6.07, 6.45) is 0. The molecule has 0 fully saturated rings. The smallest absolute Gasteiger partial charge is 0.0576 e. The normalized spacial score (nSPS) is 12.0. The fourth-order valence-electron chi connectivity index (χ4n) is 1.62. The number of rotatable bonds is 6. The SMILES string of the molecule is CC#CCNCC(C)N(C)Cc1ccccc1. The van der Waals surface area contributed by atoms with E-state index < -0.39 is 0 Å². The van der Waals surface area contributed by atoms with Gasteiger partial charge in [-0.25, -0.2) is 0 Å². The molecule has 1 aromatic carbocycles. The Morgan fingerprint density at radius 1 is 1.29 bits per heavy atom. The van der Waals surface area contributed by atoms with Crippen LogP contribution >= 0.6 is 0 Å². The van der Waals surface area contributed by atoms with Crippen LogP contribution in [0, 0.1) is 11.8 Å². The van der Waals surface area contributed by atoms with E-state index in [-0.39, 0.29) is 0 Å². The zero-order valence-electron chi connectivity index (χ0n) is 11.0. The first-order chi connectivity index (χ1) is 8.24. The van der Waals surface area contributed by atoms with Crippen molar-refractivity contribution >= 4 is 0 Å². The number of hydrogen-bond donors (Lipinski definition) is 1. The van der Waals surface area contributed by atoms with E-state index in [0.29, 0.717) is 6.04 Å². The van der Waals surface area contributed by atoms with Gasteiger partial charge in [0.2, 0.25) is 0 Å². The maximum atomic E-state index is 3.34. The second-order valence-electron chi connectivity index (χ2n) is 4.31. The molecule has 1 N–H and O–H groups in total. The van der Waals surface area contributed by atoms with E-state index in [1.807, 2.05) is 6.92 Å². The average molecular weight is 230 g/mol. The van der Waals surface area contributed by atoms with Gasteiger partial charge in [-0.2, -0.15) is 0 Å². The molecule has 0 aromatic heterocycles. The monoisotopic (exact) mass is 230 g/mol. The molecule has 2 heteroatoms. The highest BCUT2D eigenvalue weighted by Gasteiger charge is 2.08. The van der Waals surface area contributed by atoms with Gasteiger partial charge in [-0.05, 0) is 26.5 Å². The van der Waals surface area contributed by atoms with E-state index in [9.17, 15) is 0 Å². The van der Waals surface area contributed by atoms with E-state index >= 15 is 0 Å². The van der Waals surface area contributed by atoms with Gasteiger partial charge < -0.3 is 5.32 Å². The molecule has 0 radical (unpaired) electrons. The van der Waals surface area contributed by atoms with Crippen molar-refractivity contribution in [2.45, 2.75) is 26.4 Å². The lowest BCUT2D eigenvalue weighted by molar-refractivity contribution is 0.245. The van der Waals surface area contributed by atoms with Crippen LogP contribution in [-0.2, 0) is 6.54 Å². The molecule has 0 aliphatic carbocycles. The van der Waals surface area contributed by atoms with Crippen LogP contribution in [0.1, 0.15) is 19.4 Å². The summed E-state index contributed by atoms with van der Waals surface area (Å²) in [5.41, 5.74) is 1.36. The Morgan fingerprint density at radius 3 is 2.65 bits per heavy atom. The lowest BCUT2D eigenvalue weighted by Crippen LogP contribution is -2.37. The molecule has 0 heterocycles. The molecule has 0 saturated carbocycles. The Morgan fingerprint density at radius 2 is 2.00 bits per heavy atom. The van der Waals surface area contributed by atoms with Crippen LogP contribution in [0.2, 0.25) is 0 Å². The standard InChI is InChI=1S/C15H22N2/c1-4-5-11-16-12-14(2)17(3)13-15-9-7-6-8-10-15/h6-10,14,16H,11-13H2,1-3H3. The Bertz CT molecular complexity index is 362. The van der Waals surface area contributed by atoms with Gasteiger partial charge >= 0.3 is 0 Å². The molecule has 17 heavy (non-hydrogen) atoms. The summed E-state index contributed by atoms with van der Waals surface area (Å²) >= 11 is 0. The van der Waals surface area contributed by atoms with Gasteiger partial charge in [0.15, 0.2) is 0 Å². The van der Waals surface area contributed by atoms with Gasteiger partial charge in [-0.3, -0.25) is 4.90 Å². The fraction of sp³-hybridized carbons (Fsp3) is 0.467. The van der Waals surface area contributed by atoms with Gasteiger partial charge in [0, 0.05) is 19.1 Å². The molecule has 1 unspecified atom stereocenters. The summed E-state index contributed by atoms with van der Waals surface area (Å²) in [5.74, 6) is 5.90. The van der Waals surface area contributed by atoms with Gasteiger partial charge in [0.1, 0.15) is 0 Å². The van der Waals surface area contributed by atoms with E-state index in [1.165, 1.54) is 5.56 Å². The summed E-state index contributed by atoms with van der Waals surface area (Å²) in [4.78, 5) is 2.35. The molecule has 0 amide bonds. The molecule has 0 aliphatic heterocycles. The lowest BCUT2D eigenvalue weighted by Gasteiger charge is -2.24. The summed E-state index contributed by atoms with van der Waals surface area (Å²) in [5, 5.41) is 3.34. The predicted molar refractivity (Wildman–Crippen MR) is 73.7 cm³/mol. The van der Waals surface area contributed by atoms with Crippen molar-refractivity contribution in [3.63, 3.8) is 0 Å². The minimum absolute atomic E-state index is 0.508. The molecule has 0 spiro atoms. The minimum Gasteiger partial charge on any atom is -0.305 e. The average Bonchev–Trinajstić information content (AvgIpc) is 2.35. The number of likely N-dealkylation sites (N-methyl/N-ethyl adjacent to an activating group) is 1. The third kappa shape index (κ3) is 5.53. The van der Waals surface area contributed by atoms with Crippen molar-refractivity contribution in [2.24, 2.45) is 0 Å². The molecular formula is C15H22N2. The first-order valence-electron chi connectivity index (χ1n) is 6.08. The van der Waals surface area contributed by atoms with Crippen LogP contribution in [0.25, 0.3) is 0 Å². The van der Waals surface area contributed by atoms with Crippen LogP contribution < -0.4 is 5.32 Å². The molecule has 0 saturated heterocycles. The Labute approximate surface area is 105 Å². The van der Waals surface area contributed by atoms with Gasteiger partial charge in [-0.15, -0.1) is 5.92 Å². The Balaban J connectivity index is 2.31. The van der Waals surface area contributed by atoms with Gasteiger partial charge in [-0.1, -0.05) is 36.3 Å². The Hall–Kier alpha value is -1.30. The Kier molecular flexibility index (Phi) is 6.39. The number of nitrogens with zero attached hydrogens (tertiary/aromatic N) is 1. The van der Waals surface area contributed by atoms with Crippen molar-refractivity contribution in [1.82, 2.24) is 10.2 Å². The zero-order valence-corrected chi connectivity index (χ0v) is 11.0. The van der Waals surface area contributed by atoms with E-state index in [1.54, 1.807) is 0 Å². The van der Waals surface area contributed by atoms with Crippen LogP contribution in [0.5, 0.6) is 0 Å². The maximum Gasteiger partial charge on any atom is 0.0576 e. The zero-order chi connectivity index (χ0) is 12.5. The summed E-state index contributed by atoms with van der Waals surface area (Å²) in [6, 6.07) is 11.1. The van der Waals surface area contributed by atoms with Crippen molar-refractivity contribution in [3.05, 3.63) is 35.9 Å². The topological polar surface area (TPSA) is 15.3 Å². The van der Waals surface area contributed by atoms with Crippen molar-refractivity contribution in [1.29, 1.82) is 0 Å². The summed E-state index contributed by atoms with van der Waals surface area (Å²) in [7, 11) is 2.16. The number of benzene rings is 1. The van der Waals surface area contributed by atoms with Crippen molar-refractivity contribution < 1.29 is 0 Å². The lowest BCUT2D eigenvalue weighted by atomic mass is 10.2. The van der Waals surface area contributed by atoms with Crippen LogP contribution in [-0.4, -0.2) is 31.1 Å². The van der Waals surface area contributed by atoms with Crippen molar-refractivity contribution in [2.75, 3.05) is 20.1 Å². The quantitative estimate of drug-likeness (QED) is 0.595. The van der Waals surface area contributed by atoms with Gasteiger partial charge in [0.05, 0.1) is 6.54 Å². The molecule has 0 aliphatic rings. The molecule has 1 rings (SSSR count). The number of hydrogen-bond acceptors (Lipinski definition) is 2. The summed E-state index contributed by atoms with van der Waals surface area (Å²) in [6.45, 7) is 6.84. The highest BCUT2D eigenvalue weighted by Crippen LogP contribution is 2.05. The largest absolute Gasteiger partial charge is 0.305 e. The van der Waals surface area contributed by atoms with E-state index in [4.69, 9.17) is 0 Å². The highest BCUT2D eigenvalue weighted by atomic mass is 15.1. The second kappa shape index (κ2) is 7.89. The first-order valence-corrected chi connectivity index (χ1v) is 6.08. The summed E-state index contributed by atoms with van der Waals surface area (Å²) < 4.78 is 0. The minimum atomic E-state index is 0.508. The molecule has 1 atom stereocenters. The molecule has 1 aromatic rings. The predicted octanol–water partition coefficient (Wildman–Crippen LogP) is 2.12. The first kappa shape index (κ1) is 13.8. The fourth-order valence-corrected chi connectivity index (χ4v) is 1.62. The van der Waals surface area contributed by atoms with Crippen LogP contribution in [0.3, 0.4) is 0 Å². The second-order valence-corrected chi connectivity index (χ2v) is 4.31. The highest BCUT2D eigenvalue weighted by molar-refractivity contribution is 5.14. The number of nitrogens with one attached hydrogen (secondary N) is 1. The van der Waals surface area contributed by atoms with Crippen molar-refractivity contribution in [3.8, 4) is 11.8 Å². The molecule has 2 nitrogen and oxygen atoms in total. The van der Waals surface area contributed by atoms with Gasteiger partial charge in [0.25, 0.3) is 0 Å². The van der Waals surface area contributed by atoms with E-state index in [2.05, 4.69) is 66.4 Å². The van der Waals surface area contributed by atoms with E-state index in [0.717, 1.165) is 19.6 Å². The third-order valence-electron chi connectivity index (χ3n) is 2.86. The van der Waals surface area contributed by atoms with Crippen LogP contribution in [0.4, 0.5) is 0 Å². The molecule has 92 valence electrons. The molecular weight excluding hydrogens is 208 g/mol.